The normalized spacial score (nSPS) is 14.3. The predicted molar refractivity (Wildman–Crippen MR) is 52.0 cm³/mol. The lowest BCUT2D eigenvalue weighted by Crippen LogP contribution is -2.49. The monoisotopic (exact) mass is 352 g/mol. The van der Waals surface area contributed by atoms with Gasteiger partial charge in [-0.1, -0.05) is 6.58 Å². The number of rotatable bonds is 7. The third-order valence-corrected chi connectivity index (χ3v) is 3.70. The lowest BCUT2D eigenvalue weighted by atomic mass is 10.7. The standard InChI is InChI=1S/C8H9F9O3Si/c1-2-21(18-3-6(9,10)11,19-4-7(12,13)14)20-5-8(15,16)17/h2H,1,3-5H2. The highest BCUT2D eigenvalue weighted by molar-refractivity contribution is 6.66. The van der Waals surface area contributed by atoms with E-state index in [0.29, 0.717) is 0 Å². The van der Waals surface area contributed by atoms with E-state index in [0.717, 1.165) is 0 Å². The molecule has 126 valence electrons. The van der Waals surface area contributed by atoms with Crippen LogP contribution in [-0.2, 0) is 13.3 Å². The van der Waals surface area contributed by atoms with E-state index in [4.69, 9.17) is 0 Å². The van der Waals surface area contributed by atoms with Crippen LogP contribution in [0, 0.1) is 0 Å². The summed E-state index contributed by atoms with van der Waals surface area (Å²) in [5.74, 6) is 0. The Balaban J connectivity index is 4.95. The van der Waals surface area contributed by atoms with Crippen LogP contribution in [0.15, 0.2) is 12.3 Å². The lowest BCUT2D eigenvalue weighted by molar-refractivity contribution is -0.192. The maximum Gasteiger partial charge on any atom is 0.529 e. The van der Waals surface area contributed by atoms with E-state index in [9.17, 15) is 39.5 Å². The van der Waals surface area contributed by atoms with Crippen molar-refractivity contribution in [3.8, 4) is 0 Å². The quantitative estimate of drug-likeness (QED) is 0.519. The Morgan fingerprint density at radius 3 is 1.05 bits per heavy atom. The highest BCUT2D eigenvalue weighted by atomic mass is 28.4. The predicted octanol–water partition coefficient (Wildman–Crippen LogP) is 3.39. The van der Waals surface area contributed by atoms with Crippen molar-refractivity contribution in [3.63, 3.8) is 0 Å². The van der Waals surface area contributed by atoms with Gasteiger partial charge in [0.2, 0.25) is 0 Å². The molecule has 0 heterocycles. The largest absolute Gasteiger partial charge is 0.529 e. The van der Waals surface area contributed by atoms with Crippen LogP contribution in [-0.4, -0.2) is 47.2 Å². The molecule has 0 aliphatic carbocycles. The maximum atomic E-state index is 12.0. The molecule has 0 saturated carbocycles. The van der Waals surface area contributed by atoms with E-state index in [-0.39, 0.29) is 5.70 Å². The van der Waals surface area contributed by atoms with Crippen molar-refractivity contribution in [2.24, 2.45) is 0 Å². The number of hydrogen-bond donors (Lipinski definition) is 0. The van der Waals surface area contributed by atoms with Gasteiger partial charge < -0.3 is 13.3 Å². The first-order chi connectivity index (χ1) is 9.18. The Morgan fingerprint density at radius 2 is 0.905 bits per heavy atom. The zero-order chi connectivity index (χ0) is 16.9. The SMILES string of the molecule is C=C[Si](OCC(F)(F)F)(OCC(F)(F)F)OCC(F)(F)F. The second-order valence-corrected chi connectivity index (χ2v) is 6.00. The second kappa shape index (κ2) is 6.98. The highest BCUT2D eigenvalue weighted by Gasteiger charge is 2.47. The summed E-state index contributed by atoms with van der Waals surface area (Å²) in [5, 5.41) is 0. The number of alkyl halides is 9. The number of hydrogen-bond acceptors (Lipinski definition) is 3. The molecule has 0 aromatic heterocycles. The summed E-state index contributed by atoms with van der Waals surface area (Å²) in [4.78, 5) is 0. The van der Waals surface area contributed by atoms with Gasteiger partial charge in [0, 0.05) is 0 Å². The van der Waals surface area contributed by atoms with Crippen molar-refractivity contribution < 1.29 is 52.8 Å². The Morgan fingerprint density at radius 1 is 0.667 bits per heavy atom. The molecule has 0 saturated heterocycles. The third-order valence-electron chi connectivity index (χ3n) is 1.56. The van der Waals surface area contributed by atoms with Gasteiger partial charge in [0.1, 0.15) is 19.8 Å². The fourth-order valence-electron chi connectivity index (χ4n) is 0.849. The maximum absolute atomic E-state index is 12.0. The molecule has 0 aromatic rings. The zero-order valence-corrected chi connectivity index (χ0v) is 11.0. The van der Waals surface area contributed by atoms with Gasteiger partial charge in [-0.05, 0) is 5.70 Å². The highest BCUT2D eigenvalue weighted by Crippen LogP contribution is 2.25. The number of halogens is 9. The molecule has 0 aliphatic heterocycles. The smallest absolute Gasteiger partial charge is 0.361 e. The minimum Gasteiger partial charge on any atom is -0.361 e. The van der Waals surface area contributed by atoms with E-state index in [1.165, 1.54) is 0 Å². The minimum atomic E-state index is -5.00. The van der Waals surface area contributed by atoms with Crippen LogP contribution < -0.4 is 0 Å². The van der Waals surface area contributed by atoms with Gasteiger partial charge in [0.05, 0.1) is 0 Å². The summed E-state index contributed by atoms with van der Waals surface area (Å²) in [5.41, 5.74) is 0.260. The Bertz CT molecular complexity index is 290. The van der Waals surface area contributed by atoms with Crippen molar-refractivity contribution in [2.45, 2.75) is 18.5 Å². The van der Waals surface area contributed by atoms with Crippen molar-refractivity contribution in [2.75, 3.05) is 19.8 Å². The van der Waals surface area contributed by atoms with Crippen molar-refractivity contribution in [1.82, 2.24) is 0 Å². The fraction of sp³-hybridized carbons (Fsp3) is 0.750. The average Bonchev–Trinajstić information content (AvgIpc) is 2.25. The van der Waals surface area contributed by atoms with E-state index in [2.05, 4.69) is 19.9 Å². The van der Waals surface area contributed by atoms with Gasteiger partial charge in [0.15, 0.2) is 0 Å². The van der Waals surface area contributed by atoms with Gasteiger partial charge in [-0.15, -0.1) is 0 Å². The van der Waals surface area contributed by atoms with Gasteiger partial charge in [0.25, 0.3) is 0 Å². The molecule has 21 heavy (non-hydrogen) atoms. The lowest BCUT2D eigenvalue weighted by Gasteiger charge is -2.27. The first kappa shape index (κ1) is 20.2. The Kier molecular flexibility index (Phi) is 6.71. The Hall–Kier alpha value is -0.793. The second-order valence-electron chi connectivity index (χ2n) is 3.52. The van der Waals surface area contributed by atoms with Crippen LogP contribution in [0.5, 0.6) is 0 Å². The molecule has 0 amide bonds. The molecule has 0 atom stereocenters. The zero-order valence-electron chi connectivity index (χ0n) is 10.0. The molecule has 0 bridgehead atoms. The molecule has 0 radical (unpaired) electrons. The molecular formula is C8H9F9O3Si. The molecule has 0 unspecified atom stereocenters. The molecule has 3 nitrogen and oxygen atoms in total. The molecule has 0 aliphatic rings. The molecule has 0 fully saturated rings. The first-order valence-electron chi connectivity index (χ1n) is 4.94. The van der Waals surface area contributed by atoms with Crippen LogP contribution in [0.2, 0.25) is 0 Å². The van der Waals surface area contributed by atoms with Gasteiger partial charge in [-0.25, -0.2) is 0 Å². The van der Waals surface area contributed by atoms with Gasteiger partial charge in [-0.2, -0.15) is 39.5 Å². The van der Waals surface area contributed by atoms with E-state index in [1.54, 1.807) is 0 Å². The molecule has 0 rings (SSSR count). The summed E-state index contributed by atoms with van der Waals surface area (Å²) in [6.45, 7) is -3.59. The van der Waals surface area contributed by atoms with Crippen molar-refractivity contribution in [3.05, 3.63) is 12.3 Å². The van der Waals surface area contributed by atoms with Crippen LogP contribution in [0.25, 0.3) is 0 Å². The summed E-state index contributed by atoms with van der Waals surface area (Å²) in [6, 6.07) is 0. The van der Waals surface area contributed by atoms with E-state index in [1.807, 2.05) is 0 Å². The topological polar surface area (TPSA) is 27.7 Å². The molecule has 13 heteroatoms. The van der Waals surface area contributed by atoms with Crippen LogP contribution in [0.4, 0.5) is 39.5 Å². The third kappa shape index (κ3) is 10.6. The summed E-state index contributed by atoms with van der Waals surface area (Å²) >= 11 is 0. The molecule has 0 aromatic carbocycles. The van der Waals surface area contributed by atoms with E-state index < -0.39 is 47.2 Å². The van der Waals surface area contributed by atoms with Gasteiger partial charge >= 0.3 is 27.3 Å². The molecule has 0 spiro atoms. The fourth-order valence-corrected chi connectivity index (χ4v) is 2.55. The first-order valence-corrected chi connectivity index (χ1v) is 6.74. The molecule has 0 N–H and O–H groups in total. The Labute approximate surface area is 113 Å². The summed E-state index contributed by atoms with van der Waals surface area (Å²) in [6.07, 6.45) is -15.0. The van der Waals surface area contributed by atoms with Crippen molar-refractivity contribution >= 4 is 8.80 Å². The van der Waals surface area contributed by atoms with Crippen LogP contribution in [0.1, 0.15) is 0 Å². The van der Waals surface area contributed by atoms with Gasteiger partial charge in [-0.3, -0.25) is 0 Å². The van der Waals surface area contributed by atoms with E-state index >= 15 is 0 Å². The van der Waals surface area contributed by atoms with Crippen molar-refractivity contribution in [1.29, 1.82) is 0 Å². The minimum absolute atomic E-state index is 0.260. The average molecular weight is 352 g/mol. The summed E-state index contributed by atoms with van der Waals surface area (Å²) < 4.78 is 120. The molecular weight excluding hydrogens is 343 g/mol. The summed E-state index contributed by atoms with van der Waals surface area (Å²) in [7, 11) is -4.99. The van der Waals surface area contributed by atoms with Crippen LogP contribution in [0.3, 0.4) is 0 Å². The van der Waals surface area contributed by atoms with Crippen LogP contribution >= 0.6 is 0 Å².